The molecular weight excluding hydrogens is 544 g/mol. The van der Waals surface area contributed by atoms with Crippen LogP contribution in [0.3, 0.4) is 0 Å². The summed E-state index contributed by atoms with van der Waals surface area (Å²) in [5.74, 6) is -0.327. The second-order valence-corrected chi connectivity index (χ2v) is 13.3. The molecule has 0 aromatic heterocycles. The van der Waals surface area contributed by atoms with Crippen molar-refractivity contribution in [1.82, 2.24) is 0 Å². The summed E-state index contributed by atoms with van der Waals surface area (Å²) in [6, 6.07) is 35.1. The van der Waals surface area contributed by atoms with E-state index in [1.54, 1.807) is 24.3 Å². The Hall–Kier alpha value is -4.18. The normalized spacial score (nSPS) is 22.8. The zero-order valence-corrected chi connectivity index (χ0v) is 26.7. The van der Waals surface area contributed by atoms with Crippen LogP contribution in [0.2, 0.25) is 0 Å². The lowest BCUT2D eigenvalue weighted by molar-refractivity contribution is -0.0993. The molecule has 44 heavy (non-hydrogen) atoms. The van der Waals surface area contributed by atoms with Crippen LogP contribution in [-0.4, -0.2) is 24.1 Å². The smallest absolute Gasteiger partial charge is 0.338 e. The minimum atomic E-state index is -0.801. The van der Waals surface area contributed by atoms with Crippen LogP contribution in [0.4, 0.5) is 0 Å². The van der Waals surface area contributed by atoms with Crippen molar-refractivity contribution in [1.29, 1.82) is 0 Å². The number of hydrogen-bond donors (Lipinski definition) is 0. The third-order valence-electron chi connectivity index (χ3n) is 9.09. The number of aryl methyl sites for hydroxylation is 1. The fraction of sp³-hybridized carbons (Fsp3) is 0.350. The van der Waals surface area contributed by atoms with Crippen molar-refractivity contribution in [2.75, 3.05) is 0 Å². The molecule has 0 amide bonds. The number of benzene rings is 4. The van der Waals surface area contributed by atoms with Gasteiger partial charge >= 0.3 is 11.9 Å². The first-order chi connectivity index (χ1) is 21.1. The Morgan fingerprint density at radius 2 is 1.02 bits per heavy atom. The van der Waals surface area contributed by atoms with Crippen LogP contribution in [0, 0.1) is 18.8 Å². The van der Waals surface area contributed by atoms with Crippen LogP contribution >= 0.6 is 0 Å². The molecule has 0 fully saturated rings. The van der Waals surface area contributed by atoms with Gasteiger partial charge in [0.05, 0.1) is 16.5 Å². The van der Waals surface area contributed by atoms with E-state index >= 15 is 0 Å². The third-order valence-corrected chi connectivity index (χ3v) is 9.09. The number of esters is 2. The van der Waals surface area contributed by atoms with Crippen molar-refractivity contribution >= 4 is 11.9 Å². The molecule has 0 bridgehead atoms. The Morgan fingerprint density at radius 1 is 0.591 bits per heavy atom. The van der Waals surface area contributed by atoms with Gasteiger partial charge in [-0.1, -0.05) is 120 Å². The van der Waals surface area contributed by atoms with Crippen molar-refractivity contribution in [2.24, 2.45) is 11.8 Å². The molecule has 4 aromatic carbocycles. The van der Waals surface area contributed by atoms with Crippen LogP contribution < -0.4 is 0 Å². The third kappa shape index (κ3) is 5.83. The molecule has 4 heteroatoms. The Balaban J connectivity index is 1.84. The van der Waals surface area contributed by atoms with E-state index in [9.17, 15) is 9.59 Å². The molecular formula is C40H44O4. The highest BCUT2D eigenvalue weighted by atomic mass is 16.6. The Morgan fingerprint density at radius 3 is 1.52 bits per heavy atom. The van der Waals surface area contributed by atoms with E-state index < -0.39 is 35.0 Å². The van der Waals surface area contributed by atoms with E-state index in [0.717, 1.165) is 28.7 Å². The summed E-state index contributed by atoms with van der Waals surface area (Å²) >= 11 is 0. The molecule has 2 unspecified atom stereocenters. The molecule has 0 heterocycles. The van der Waals surface area contributed by atoms with Crippen LogP contribution in [0.1, 0.15) is 90.4 Å². The lowest BCUT2D eigenvalue weighted by atomic mass is 9.52. The SMILES string of the molecule is Cc1ccccc1[C@]1(CC(C)C)c2ccccc2[C@@](C)(CC(C)C)C(OC(=O)c2ccccc2)C1OC(=O)c1ccccc1. The lowest BCUT2D eigenvalue weighted by Gasteiger charge is -2.56. The average molecular weight is 589 g/mol. The van der Waals surface area contributed by atoms with E-state index in [0.29, 0.717) is 17.5 Å². The summed E-state index contributed by atoms with van der Waals surface area (Å²) in [6.45, 7) is 13.1. The van der Waals surface area contributed by atoms with Crippen molar-refractivity contribution < 1.29 is 19.1 Å². The highest BCUT2D eigenvalue weighted by Gasteiger charge is 2.61. The van der Waals surface area contributed by atoms with Gasteiger partial charge in [0, 0.05) is 5.41 Å². The number of hydrogen-bond acceptors (Lipinski definition) is 4. The minimum Gasteiger partial charge on any atom is -0.454 e. The number of carbonyl (C=O) groups is 2. The monoisotopic (exact) mass is 588 g/mol. The molecule has 0 saturated heterocycles. The van der Waals surface area contributed by atoms with E-state index in [2.05, 4.69) is 84.0 Å². The van der Waals surface area contributed by atoms with Crippen molar-refractivity contribution in [3.05, 3.63) is 143 Å². The van der Waals surface area contributed by atoms with Gasteiger partial charge in [0.2, 0.25) is 0 Å². The number of ether oxygens (including phenoxy) is 2. The molecule has 0 spiro atoms. The lowest BCUT2D eigenvalue weighted by Crippen LogP contribution is -2.63. The second kappa shape index (κ2) is 12.8. The van der Waals surface area contributed by atoms with Crippen molar-refractivity contribution in [3.8, 4) is 0 Å². The topological polar surface area (TPSA) is 52.6 Å². The maximum absolute atomic E-state index is 14.1. The minimum absolute atomic E-state index is 0.237. The summed E-state index contributed by atoms with van der Waals surface area (Å²) in [5, 5.41) is 0. The highest BCUT2D eigenvalue weighted by Crippen LogP contribution is 2.57. The zero-order valence-electron chi connectivity index (χ0n) is 26.7. The maximum Gasteiger partial charge on any atom is 0.338 e. The number of carbonyl (C=O) groups excluding carboxylic acids is 2. The molecule has 1 aliphatic rings. The van der Waals surface area contributed by atoms with Crippen molar-refractivity contribution in [2.45, 2.75) is 77.4 Å². The molecule has 0 aliphatic heterocycles. The van der Waals surface area contributed by atoms with Gasteiger partial charge in [-0.15, -0.1) is 0 Å². The van der Waals surface area contributed by atoms with Crippen LogP contribution in [-0.2, 0) is 20.3 Å². The summed E-state index contributed by atoms with van der Waals surface area (Å²) in [7, 11) is 0. The fourth-order valence-corrected chi connectivity index (χ4v) is 7.56. The highest BCUT2D eigenvalue weighted by molar-refractivity contribution is 5.90. The van der Waals surface area contributed by atoms with Gasteiger partial charge in [0.1, 0.15) is 6.10 Å². The largest absolute Gasteiger partial charge is 0.454 e. The summed E-state index contributed by atoms with van der Waals surface area (Å²) in [5.41, 5.74) is 3.96. The van der Waals surface area contributed by atoms with E-state index in [1.165, 1.54) is 0 Å². The van der Waals surface area contributed by atoms with E-state index in [1.807, 2.05) is 42.5 Å². The predicted molar refractivity (Wildman–Crippen MR) is 176 cm³/mol. The summed E-state index contributed by atoms with van der Waals surface area (Å²) in [6.07, 6.45) is -0.135. The number of rotatable bonds is 9. The first-order valence-corrected chi connectivity index (χ1v) is 15.8. The fourth-order valence-electron chi connectivity index (χ4n) is 7.56. The first kappa shape index (κ1) is 31.3. The Labute approximate surface area is 262 Å². The van der Waals surface area contributed by atoms with Gasteiger partial charge in [-0.2, -0.15) is 0 Å². The molecule has 5 rings (SSSR count). The molecule has 4 aromatic rings. The quantitative estimate of drug-likeness (QED) is 0.183. The van der Waals surface area contributed by atoms with Gasteiger partial charge < -0.3 is 9.47 Å². The maximum atomic E-state index is 14.1. The van der Waals surface area contributed by atoms with Crippen molar-refractivity contribution in [3.63, 3.8) is 0 Å². The molecule has 1 aliphatic carbocycles. The second-order valence-electron chi connectivity index (χ2n) is 13.3. The van der Waals surface area contributed by atoms with E-state index in [-0.39, 0.29) is 11.8 Å². The molecule has 228 valence electrons. The molecule has 0 N–H and O–H groups in total. The molecule has 4 nitrogen and oxygen atoms in total. The van der Waals surface area contributed by atoms with Crippen LogP contribution in [0.15, 0.2) is 109 Å². The zero-order chi connectivity index (χ0) is 31.5. The Kier molecular flexibility index (Phi) is 9.10. The van der Waals surface area contributed by atoms with Gasteiger partial charge in [-0.05, 0) is 78.1 Å². The summed E-state index contributed by atoms with van der Waals surface area (Å²) < 4.78 is 13.5. The van der Waals surface area contributed by atoms with Gasteiger partial charge in [0.25, 0.3) is 0 Å². The predicted octanol–water partition coefficient (Wildman–Crippen LogP) is 9.10. The van der Waals surface area contributed by atoms with Crippen LogP contribution in [0.5, 0.6) is 0 Å². The van der Waals surface area contributed by atoms with Gasteiger partial charge in [-0.25, -0.2) is 9.59 Å². The molecule has 4 atom stereocenters. The average Bonchev–Trinajstić information content (AvgIpc) is 3.01. The van der Waals surface area contributed by atoms with Crippen LogP contribution in [0.25, 0.3) is 0 Å². The standard InChI is InChI=1S/C40H44O4/c1-27(2)25-39(6)33-23-15-16-24-34(33)40(26-28(3)4,32-22-14-13-17-29(32)5)36(44-38(42)31-20-11-8-12-21-31)35(39)43-37(41)30-18-9-7-10-19-30/h7-24,27-28,35-36H,25-26H2,1-6H3/t35?,36?,39-,40-/m1/s1. The number of fused-ring (bicyclic) bond motifs is 1. The molecule has 0 radical (unpaired) electrons. The van der Waals surface area contributed by atoms with Gasteiger partial charge in [0.15, 0.2) is 6.10 Å². The Bertz CT molecular complexity index is 1590. The molecule has 0 saturated carbocycles. The van der Waals surface area contributed by atoms with E-state index in [4.69, 9.17) is 9.47 Å². The summed E-state index contributed by atoms with van der Waals surface area (Å²) in [4.78, 5) is 28.1. The van der Waals surface area contributed by atoms with Gasteiger partial charge in [-0.3, -0.25) is 0 Å². The first-order valence-electron chi connectivity index (χ1n) is 15.8.